The molecule has 4 nitrogen and oxygen atoms in total. The third-order valence-electron chi connectivity index (χ3n) is 4.03. The van der Waals surface area contributed by atoms with Gasteiger partial charge in [0.15, 0.2) is 0 Å². The first-order valence-electron chi connectivity index (χ1n) is 8.61. The molecule has 3 rings (SSSR count). The van der Waals surface area contributed by atoms with Crippen molar-refractivity contribution in [3.63, 3.8) is 0 Å². The Morgan fingerprint density at radius 2 is 1.48 bits per heavy atom. The van der Waals surface area contributed by atoms with Gasteiger partial charge in [-0.2, -0.15) is 0 Å². The minimum Gasteiger partial charge on any atom is -0.352 e. The predicted octanol–water partition coefficient (Wildman–Crippen LogP) is 4.05. The lowest BCUT2D eigenvalue weighted by molar-refractivity contribution is 0.0953. The summed E-state index contributed by atoms with van der Waals surface area (Å²) in [6.45, 7) is 0.411. The first-order chi connectivity index (χ1) is 13.1. The van der Waals surface area contributed by atoms with Crippen molar-refractivity contribution >= 4 is 17.5 Å². The highest BCUT2D eigenvalue weighted by Gasteiger charge is 2.08. The van der Waals surface area contributed by atoms with Crippen molar-refractivity contribution in [3.8, 4) is 0 Å². The Morgan fingerprint density at radius 1 is 0.778 bits per heavy atom. The van der Waals surface area contributed by atoms with Crippen molar-refractivity contribution in [2.45, 2.75) is 6.42 Å². The number of hydrogen-bond acceptors (Lipinski definition) is 2. The molecule has 0 radical (unpaired) electrons. The highest BCUT2D eigenvalue weighted by Crippen LogP contribution is 2.12. The van der Waals surface area contributed by atoms with E-state index in [1.165, 1.54) is 12.1 Å². The van der Waals surface area contributed by atoms with E-state index in [1.54, 1.807) is 54.6 Å². The Labute approximate surface area is 157 Å². The zero-order chi connectivity index (χ0) is 19.1. The standard InChI is InChI=1S/C22H19FN2O2/c23-19-8-4-5-16(15-19)13-14-24-21(26)18-9-11-20(12-10-18)25-22(27)17-6-2-1-3-7-17/h1-12,15H,13-14H2,(H,24,26)(H,25,27). The van der Waals surface area contributed by atoms with Crippen LogP contribution in [-0.2, 0) is 6.42 Å². The van der Waals surface area contributed by atoms with Gasteiger partial charge in [0.1, 0.15) is 5.82 Å². The molecule has 0 unspecified atom stereocenters. The van der Waals surface area contributed by atoms with Gasteiger partial charge in [0.2, 0.25) is 0 Å². The molecular weight excluding hydrogens is 343 g/mol. The maximum atomic E-state index is 13.1. The topological polar surface area (TPSA) is 58.2 Å². The van der Waals surface area contributed by atoms with Gasteiger partial charge in [0.05, 0.1) is 0 Å². The molecule has 0 aliphatic carbocycles. The van der Waals surface area contributed by atoms with E-state index in [-0.39, 0.29) is 17.6 Å². The van der Waals surface area contributed by atoms with Crippen LogP contribution in [0.15, 0.2) is 78.9 Å². The van der Waals surface area contributed by atoms with E-state index in [9.17, 15) is 14.0 Å². The molecule has 0 spiro atoms. The molecule has 2 N–H and O–H groups in total. The summed E-state index contributed by atoms with van der Waals surface area (Å²) in [7, 11) is 0. The van der Waals surface area contributed by atoms with Gasteiger partial charge < -0.3 is 10.6 Å². The summed E-state index contributed by atoms with van der Waals surface area (Å²) in [6, 6.07) is 21.9. The van der Waals surface area contributed by atoms with E-state index in [0.29, 0.717) is 29.8 Å². The largest absolute Gasteiger partial charge is 0.352 e. The van der Waals surface area contributed by atoms with Crippen LogP contribution in [0.1, 0.15) is 26.3 Å². The zero-order valence-electron chi connectivity index (χ0n) is 14.6. The van der Waals surface area contributed by atoms with Crippen molar-refractivity contribution in [1.29, 1.82) is 0 Å². The van der Waals surface area contributed by atoms with E-state index in [4.69, 9.17) is 0 Å². The van der Waals surface area contributed by atoms with Crippen LogP contribution >= 0.6 is 0 Å². The minimum atomic E-state index is -0.285. The van der Waals surface area contributed by atoms with E-state index in [0.717, 1.165) is 5.56 Å². The highest BCUT2D eigenvalue weighted by molar-refractivity contribution is 6.04. The van der Waals surface area contributed by atoms with Gasteiger partial charge in [0, 0.05) is 23.4 Å². The Bertz CT molecular complexity index is 925. The summed E-state index contributed by atoms with van der Waals surface area (Å²) in [4.78, 5) is 24.3. The number of rotatable bonds is 6. The fraction of sp³-hybridized carbons (Fsp3) is 0.0909. The Kier molecular flexibility index (Phi) is 5.94. The van der Waals surface area contributed by atoms with E-state index in [2.05, 4.69) is 10.6 Å². The molecule has 3 aromatic carbocycles. The molecular formula is C22H19FN2O2. The average molecular weight is 362 g/mol. The van der Waals surface area contributed by atoms with Crippen molar-refractivity contribution in [3.05, 3.63) is 101 Å². The number of hydrogen-bond donors (Lipinski definition) is 2. The van der Waals surface area contributed by atoms with Crippen molar-refractivity contribution in [2.24, 2.45) is 0 Å². The number of carbonyl (C=O) groups is 2. The number of carbonyl (C=O) groups excluding carboxylic acids is 2. The van der Waals surface area contributed by atoms with Crippen molar-refractivity contribution in [2.75, 3.05) is 11.9 Å². The summed E-state index contributed by atoms with van der Waals surface area (Å²) in [5.41, 5.74) is 2.50. The minimum absolute atomic E-state index is 0.206. The van der Waals surface area contributed by atoms with Gasteiger partial charge in [-0.1, -0.05) is 30.3 Å². The molecule has 0 atom stereocenters. The smallest absolute Gasteiger partial charge is 0.255 e. The molecule has 0 aromatic heterocycles. The van der Waals surface area contributed by atoms with Gasteiger partial charge in [-0.3, -0.25) is 9.59 Å². The van der Waals surface area contributed by atoms with E-state index in [1.807, 2.05) is 12.1 Å². The molecule has 0 aliphatic rings. The number of benzene rings is 3. The monoisotopic (exact) mass is 362 g/mol. The van der Waals surface area contributed by atoms with Crippen LogP contribution < -0.4 is 10.6 Å². The van der Waals surface area contributed by atoms with Gasteiger partial charge in [0.25, 0.3) is 11.8 Å². The van der Waals surface area contributed by atoms with Crippen LogP contribution in [0, 0.1) is 5.82 Å². The van der Waals surface area contributed by atoms with Gasteiger partial charge >= 0.3 is 0 Å². The Morgan fingerprint density at radius 3 is 2.19 bits per heavy atom. The molecule has 0 bridgehead atoms. The molecule has 136 valence electrons. The first-order valence-corrected chi connectivity index (χ1v) is 8.61. The lowest BCUT2D eigenvalue weighted by atomic mass is 10.1. The molecule has 0 saturated heterocycles. The number of amides is 2. The van der Waals surface area contributed by atoms with E-state index < -0.39 is 0 Å². The third kappa shape index (κ3) is 5.25. The van der Waals surface area contributed by atoms with Crippen molar-refractivity contribution < 1.29 is 14.0 Å². The normalized spacial score (nSPS) is 10.3. The summed E-state index contributed by atoms with van der Waals surface area (Å²) in [5, 5.41) is 5.59. The predicted molar refractivity (Wildman–Crippen MR) is 103 cm³/mol. The second-order valence-corrected chi connectivity index (χ2v) is 6.03. The molecule has 0 heterocycles. The van der Waals surface area contributed by atoms with Crippen LogP contribution in [0.5, 0.6) is 0 Å². The molecule has 0 aliphatic heterocycles. The molecule has 5 heteroatoms. The maximum Gasteiger partial charge on any atom is 0.255 e. The van der Waals surface area contributed by atoms with Crippen LogP contribution in [0.4, 0.5) is 10.1 Å². The average Bonchev–Trinajstić information content (AvgIpc) is 2.69. The quantitative estimate of drug-likeness (QED) is 0.695. The number of nitrogens with one attached hydrogen (secondary N) is 2. The number of anilines is 1. The van der Waals surface area contributed by atoms with Crippen LogP contribution in [0.25, 0.3) is 0 Å². The van der Waals surface area contributed by atoms with Crippen LogP contribution in [0.2, 0.25) is 0 Å². The van der Waals surface area contributed by atoms with Crippen LogP contribution in [-0.4, -0.2) is 18.4 Å². The second-order valence-electron chi connectivity index (χ2n) is 6.03. The summed E-state index contributed by atoms with van der Waals surface area (Å²) in [6.07, 6.45) is 0.550. The van der Waals surface area contributed by atoms with Gasteiger partial charge in [-0.05, 0) is 60.5 Å². The number of halogens is 1. The first kappa shape index (κ1) is 18.3. The Balaban J connectivity index is 1.52. The molecule has 0 saturated carbocycles. The summed E-state index contributed by atoms with van der Waals surface area (Å²) in [5.74, 6) is -0.706. The third-order valence-corrected chi connectivity index (χ3v) is 4.03. The molecule has 27 heavy (non-hydrogen) atoms. The summed E-state index contributed by atoms with van der Waals surface area (Å²) >= 11 is 0. The summed E-state index contributed by atoms with van der Waals surface area (Å²) < 4.78 is 13.1. The maximum absolute atomic E-state index is 13.1. The van der Waals surface area contributed by atoms with Crippen LogP contribution in [0.3, 0.4) is 0 Å². The highest BCUT2D eigenvalue weighted by atomic mass is 19.1. The van der Waals surface area contributed by atoms with E-state index >= 15 is 0 Å². The lowest BCUT2D eigenvalue weighted by Gasteiger charge is -2.08. The molecule has 0 fully saturated rings. The molecule has 3 aromatic rings. The molecule has 2 amide bonds. The fourth-order valence-corrected chi connectivity index (χ4v) is 2.61. The zero-order valence-corrected chi connectivity index (χ0v) is 14.6. The SMILES string of the molecule is O=C(NCCc1cccc(F)c1)c1ccc(NC(=O)c2ccccc2)cc1. The lowest BCUT2D eigenvalue weighted by Crippen LogP contribution is -2.25. The fourth-order valence-electron chi connectivity index (χ4n) is 2.61. The second kappa shape index (κ2) is 8.76. The Hall–Kier alpha value is -3.47. The van der Waals surface area contributed by atoms with Gasteiger partial charge in [-0.25, -0.2) is 4.39 Å². The van der Waals surface area contributed by atoms with Gasteiger partial charge in [-0.15, -0.1) is 0 Å². The van der Waals surface area contributed by atoms with Crippen molar-refractivity contribution in [1.82, 2.24) is 5.32 Å².